The van der Waals surface area contributed by atoms with E-state index in [-0.39, 0.29) is 6.10 Å². The van der Waals surface area contributed by atoms with Gasteiger partial charge in [0, 0.05) is 13.1 Å². The molecule has 0 spiro atoms. The van der Waals surface area contributed by atoms with Crippen LogP contribution < -0.4 is 5.32 Å². The standard InChI is InChI=1S/C14H21NO2/c1-11-3-4-13(12(2)7-11)8-15-9-14-10-16-5-6-17-14/h3-4,7,14-15H,5-6,8-10H2,1-2H3. The molecular formula is C14H21NO2. The van der Waals surface area contributed by atoms with Crippen molar-refractivity contribution in [2.24, 2.45) is 0 Å². The van der Waals surface area contributed by atoms with Crippen molar-refractivity contribution in [3.8, 4) is 0 Å². The minimum atomic E-state index is 0.203. The van der Waals surface area contributed by atoms with Gasteiger partial charge in [0.25, 0.3) is 0 Å². The van der Waals surface area contributed by atoms with Gasteiger partial charge in [-0.25, -0.2) is 0 Å². The van der Waals surface area contributed by atoms with E-state index < -0.39 is 0 Å². The summed E-state index contributed by atoms with van der Waals surface area (Å²) in [5.41, 5.74) is 4.01. The predicted molar refractivity (Wildman–Crippen MR) is 68.2 cm³/mol. The molecule has 1 aromatic rings. The number of aryl methyl sites for hydroxylation is 2. The maximum atomic E-state index is 5.58. The first-order valence-electron chi connectivity index (χ1n) is 6.22. The van der Waals surface area contributed by atoms with Crippen LogP contribution in [0.4, 0.5) is 0 Å². The van der Waals surface area contributed by atoms with Gasteiger partial charge in [0.2, 0.25) is 0 Å². The Balaban J connectivity index is 1.77. The van der Waals surface area contributed by atoms with Crippen LogP contribution in [0.2, 0.25) is 0 Å². The van der Waals surface area contributed by atoms with E-state index in [1.807, 2.05) is 0 Å². The van der Waals surface area contributed by atoms with Crippen molar-refractivity contribution in [2.75, 3.05) is 26.4 Å². The van der Waals surface area contributed by atoms with Crippen molar-refractivity contribution in [3.05, 3.63) is 34.9 Å². The van der Waals surface area contributed by atoms with Crippen molar-refractivity contribution in [3.63, 3.8) is 0 Å². The van der Waals surface area contributed by atoms with Gasteiger partial charge in [-0.15, -0.1) is 0 Å². The first kappa shape index (κ1) is 12.6. The maximum absolute atomic E-state index is 5.58. The molecule has 0 aromatic heterocycles. The fraction of sp³-hybridized carbons (Fsp3) is 0.571. The molecule has 1 fully saturated rings. The Hall–Kier alpha value is -0.900. The number of rotatable bonds is 4. The molecule has 0 bridgehead atoms. The highest BCUT2D eigenvalue weighted by atomic mass is 16.6. The van der Waals surface area contributed by atoms with Crippen LogP contribution in [-0.2, 0) is 16.0 Å². The molecule has 2 rings (SSSR count). The largest absolute Gasteiger partial charge is 0.376 e. The Morgan fingerprint density at radius 3 is 2.88 bits per heavy atom. The molecule has 94 valence electrons. The Bertz CT molecular complexity index is 359. The lowest BCUT2D eigenvalue weighted by Crippen LogP contribution is -2.37. The Labute approximate surface area is 103 Å². The molecule has 1 heterocycles. The van der Waals surface area contributed by atoms with E-state index in [0.717, 1.165) is 26.3 Å². The minimum Gasteiger partial charge on any atom is -0.376 e. The second-order valence-corrected chi connectivity index (χ2v) is 4.63. The second-order valence-electron chi connectivity index (χ2n) is 4.63. The van der Waals surface area contributed by atoms with E-state index in [4.69, 9.17) is 9.47 Å². The van der Waals surface area contributed by atoms with E-state index in [2.05, 4.69) is 37.4 Å². The topological polar surface area (TPSA) is 30.5 Å². The third-order valence-corrected chi connectivity index (χ3v) is 3.07. The van der Waals surface area contributed by atoms with Crippen molar-refractivity contribution in [1.29, 1.82) is 0 Å². The quantitative estimate of drug-likeness (QED) is 0.863. The fourth-order valence-electron chi connectivity index (χ4n) is 2.07. The molecule has 1 aromatic carbocycles. The number of ether oxygens (including phenoxy) is 2. The summed E-state index contributed by atoms with van der Waals surface area (Å²) in [4.78, 5) is 0. The van der Waals surface area contributed by atoms with Crippen molar-refractivity contribution >= 4 is 0 Å². The van der Waals surface area contributed by atoms with Gasteiger partial charge in [-0.3, -0.25) is 0 Å². The van der Waals surface area contributed by atoms with Gasteiger partial charge in [0.1, 0.15) is 0 Å². The summed E-state index contributed by atoms with van der Waals surface area (Å²) in [6.45, 7) is 8.18. The summed E-state index contributed by atoms with van der Waals surface area (Å²) in [7, 11) is 0. The molecular weight excluding hydrogens is 214 g/mol. The lowest BCUT2D eigenvalue weighted by molar-refractivity contribution is -0.0864. The first-order chi connectivity index (χ1) is 8.25. The Kier molecular flexibility index (Phi) is 4.54. The smallest absolute Gasteiger partial charge is 0.0933 e. The molecule has 1 N–H and O–H groups in total. The lowest BCUT2D eigenvalue weighted by Gasteiger charge is -2.23. The monoisotopic (exact) mass is 235 g/mol. The van der Waals surface area contributed by atoms with Gasteiger partial charge in [-0.2, -0.15) is 0 Å². The van der Waals surface area contributed by atoms with Crippen molar-refractivity contribution in [2.45, 2.75) is 26.5 Å². The van der Waals surface area contributed by atoms with E-state index in [0.29, 0.717) is 6.61 Å². The molecule has 3 heteroatoms. The molecule has 1 aliphatic heterocycles. The number of nitrogens with one attached hydrogen (secondary N) is 1. The van der Waals surface area contributed by atoms with Crippen LogP contribution in [-0.4, -0.2) is 32.5 Å². The van der Waals surface area contributed by atoms with Gasteiger partial charge in [-0.1, -0.05) is 23.8 Å². The summed E-state index contributed by atoms with van der Waals surface area (Å²) in [6.07, 6.45) is 0.203. The number of hydrogen-bond donors (Lipinski definition) is 1. The van der Waals surface area contributed by atoms with Gasteiger partial charge in [-0.05, 0) is 25.0 Å². The van der Waals surface area contributed by atoms with Gasteiger partial charge in [0.05, 0.1) is 25.9 Å². The summed E-state index contributed by atoms with van der Waals surface area (Å²) < 4.78 is 10.9. The zero-order chi connectivity index (χ0) is 12.1. The molecule has 1 unspecified atom stereocenters. The highest BCUT2D eigenvalue weighted by molar-refractivity contribution is 5.30. The Morgan fingerprint density at radius 2 is 2.18 bits per heavy atom. The SMILES string of the molecule is Cc1ccc(CNCC2COCCO2)c(C)c1. The van der Waals surface area contributed by atoms with Crippen LogP contribution in [0.1, 0.15) is 16.7 Å². The average Bonchev–Trinajstić information content (AvgIpc) is 2.33. The van der Waals surface area contributed by atoms with E-state index in [1.54, 1.807) is 0 Å². The Morgan fingerprint density at radius 1 is 1.29 bits per heavy atom. The highest BCUT2D eigenvalue weighted by Crippen LogP contribution is 2.10. The number of benzene rings is 1. The van der Waals surface area contributed by atoms with E-state index in [9.17, 15) is 0 Å². The molecule has 0 saturated carbocycles. The molecule has 0 amide bonds. The third-order valence-electron chi connectivity index (χ3n) is 3.07. The summed E-state index contributed by atoms with van der Waals surface area (Å²) in [6, 6.07) is 6.57. The van der Waals surface area contributed by atoms with Crippen molar-refractivity contribution in [1.82, 2.24) is 5.32 Å². The molecule has 1 saturated heterocycles. The molecule has 3 nitrogen and oxygen atoms in total. The van der Waals surface area contributed by atoms with Crippen LogP contribution in [0.3, 0.4) is 0 Å². The van der Waals surface area contributed by atoms with E-state index in [1.165, 1.54) is 16.7 Å². The molecule has 0 radical (unpaired) electrons. The molecule has 17 heavy (non-hydrogen) atoms. The van der Waals surface area contributed by atoms with Gasteiger partial charge >= 0.3 is 0 Å². The van der Waals surface area contributed by atoms with Crippen LogP contribution in [0.25, 0.3) is 0 Å². The summed E-state index contributed by atoms with van der Waals surface area (Å²) in [5.74, 6) is 0. The number of hydrogen-bond acceptors (Lipinski definition) is 3. The average molecular weight is 235 g/mol. The molecule has 0 aliphatic carbocycles. The molecule has 1 aliphatic rings. The van der Waals surface area contributed by atoms with Crippen molar-refractivity contribution < 1.29 is 9.47 Å². The lowest BCUT2D eigenvalue weighted by atomic mass is 10.1. The predicted octanol–water partition coefficient (Wildman–Crippen LogP) is 1.81. The van der Waals surface area contributed by atoms with Gasteiger partial charge < -0.3 is 14.8 Å². The zero-order valence-corrected chi connectivity index (χ0v) is 10.7. The normalized spacial score (nSPS) is 20.5. The van der Waals surface area contributed by atoms with E-state index >= 15 is 0 Å². The van der Waals surface area contributed by atoms with Crippen LogP contribution >= 0.6 is 0 Å². The van der Waals surface area contributed by atoms with Crippen LogP contribution in [0.5, 0.6) is 0 Å². The third kappa shape index (κ3) is 3.80. The second kappa shape index (κ2) is 6.15. The zero-order valence-electron chi connectivity index (χ0n) is 10.7. The molecule has 1 atom stereocenters. The maximum Gasteiger partial charge on any atom is 0.0933 e. The fourth-order valence-corrected chi connectivity index (χ4v) is 2.07. The van der Waals surface area contributed by atoms with Crippen LogP contribution in [0.15, 0.2) is 18.2 Å². The first-order valence-corrected chi connectivity index (χ1v) is 6.22. The van der Waals surface area contributed by atoms with Gasteiger partial charge in [0.15, 0.2) is 0 Å². The summed E-state index contributed by atoms with van der Waals surface area (Å²) in [5, 5.41) is 3.43. The highest BCUT2D eigenvalue weighted by Gasteiger charge is 2.13. The van der Waals surface area contributed by atoms with Crippen LogP contribution in [0, 0.1) is 13.8 Å². The summed E-state index contributed by atoms with van der Waals surface area (Å²) >= 11 is 0. The minimum absolute atomic E-state index is 0.203.